The van der Waals surface area contributed by atoms with E-state index in [1.54, 1.807) is 0 Å². The summed E-state index contributed by atoms with van der Waals surface area (Å²) in [7, 11) is 0. The maximum atomic E-state index is 12.8. The number of aromatic nitrogens is 4. The second kappa shape index (κ2) is 6.86. The highest BCUT2D eigenvalue weighted by Crippen LogP contribution is 2.38. The zero-order chi connectivity index (χ0) is 21.0. The van der Waals surface area contributed by atoms with E-state index in [-0.39, 0.29) is 11.2 Å². The van der Waals surface area contributed by atoms with E-state index in [4.69, 9.17) is 10.8 Å². The smallest absolute Gasteiger partial charge is 0.167 e. The zero-order valence-corrected chi connectivity index (χ0v) is 18.0. The summed E-state index contributed by atoms with van der Waals surface area (Å²) in [5, 5.41) is 16.7. The van der Waals surface area contributed by atoms with Crippen LogP contribution < -0.4 is 11.1 Å². The highest BCUT2D eigenvalue weighted by Gasteiger charge is 2.36. The molecule has 0 saturated heterocycles. The molecule has 30 heavy (non-hydrogen) atoms. The number of nitrogens with zero attached hydrogens (tertiary/aromatic N) is 3. The molecule has 7 nitrogen and oxygen atoms in total. The third-order valence-electron chi connectivity index (χ3n) is 6.61. The summed E-state index contributed by atoms with van der Waals surface area (Å²) >= 11 is 0. The Labute approximate surface area is 176 Å². The molecule has 1 saturated carbocycles. The zero-order valence-electron chi connectivity index (χ0n) is 18.0. The number of anilines is 2. The molecule has 7 heteroatoms. The monoisotopic (exact) mass is 406 g/mol. The van der Waals surface area contributed by atoms with Crippen LogP contribution in [-0.2, 0) is 6.42 Å². The summed E-state index contributed by atoms with van der Waals surface area (Å²) in [5.41, 5.74) is 11.5. The highest BCUT2D eigenvalue weighted by atomic mass is 16.1. The van der Waals surface area contributed by atoms with Gasteiger partial charge in [-0.05, 0) is 43.7 Å². The van der Waals surface area contributed by atoms with Crippen LogP contribution in [0.2, 0.25) is 0 Å². The van der Waals surface area contributed by atoms with Gasteiger partial charge in [0.25, 0.3) is 0 Å². The van der Waals surface area contributed by atoms with Crippen molar-refractivity contribution in [1.82, 2.24) is 20.0 Å². The third-order valence-corrected chi connectivity index (χ3v) is 6.61. The summed E-state index contributed by atoms with van der Waals surface area (Å²) < 4.78 is 1.95. The number of hydrogen-bond acceptors (Lipinski definition) is 5. The normalized spacial score (nSPS) is 19.2. The Bertz CT molecular complexity index is 1130. The number of nitrogen functional groups attached to an aromatic ring is 1. The van der Waals surface area contributed by atoms with Gasteiger partial charge in [-0.15, -0.1) is 0 Å². The lowest BCUT2D eigenvalue weighted by molar-refractivity contribution is 0.0910. The van der Waals surface area contributed by atoms with Crippen molar-refractivity contribution >= 4 is 28.2 Å². The summed E-state index contributed by atoms with van der Waals surface area (Å²) in [5.74, 6) is 0.697. The molecule has 4 N–H and O–H groups in total. The summed E-state index contributed by atoms with van der Waals surface area (Å²) in [6.07, 6.45) is 7.55. The molecular weight excluding hydrogens is 376 g/mol. The number of carbonyl (C=O) groups excluding carboxylic acids is 1. The van der Waals surface area contributed by atoms with Crippen molar-refractivity contribution in [3.63, 3.8) is 0 Å². The second-order valence-corrected chi connectivity index (χ2v) is 9.76. The predicted molar refractivity (Wildman–Crippen MR) is 119 cm³/mol. The SMILES string of the molecule is Cc1nn(-c2cc(NC3CCCCC3)c3c(N)n[nH]c3c2)c2c1C(=O)CC(C)(C)C2. The van der Waals surface area contributed by atoms with Crippen LogP contribution in [0.3, 0.4) is 0 Å². The average Bonchev–Trinajstić information content (AvgIpc) is 3.22. The van der Waals surface area contributed by atoms with Crippen molar-refractivity contribution in [2.24, 2.45) is 5.41 Å². The van der Waals surface area contributed by atoms with E-state index in [0.717, 1.165) is 45.6 Å². The van der Waals surface area contributed by atoms with E-state index in [0.29, 0.717) is 18.3 Å². The quantitative estimate of drug-likeness (QED) is 0.593. The number of aromatic amines is 1. The lowest BCUT2D eigenvalue weighted by Gasteiger charge is -2.29. The van der Waals surface area contributed by atoms with E-state index in [2.05, 4.69) is 35.4 Å². The number of ketones is 1. The van der Waals surface area contributed by atoms with Crippen LogP contribution in [0.25, 0.3) is 16.6 Å². The van der Waals surface area contributed by atoms with Gasteiger partial charge in [0.05, 0.1) is 33.5 Å². The van der Waals surface area contributed by atoms with Gasteiger partial charge in [-0.25, -0.2) is 4.68 Å². The molecule has 2 aliphatic carbocycles. The molecule has 0 radical (unpaired) electrons. The molecule has 3 aromatic rings. The Hall–Kier alpha value is -2.83. The van der Waals surface area contributed by atoms with Crippen LogP contribution in [0.15, 0.2) is 12.1 Å². The predicted octanol–water partition coefficient (Wildman–Crippen LogP) is 4.54. The average molecular weight is 407 g/mol. The third kappa shape index (κ3) is 3.16. The Morgan fingerprint density at radius 2 is 1.97 bits per heavy atom. The molecule has 1 aromatic carbocycles. The number of nitrogens with one attached hydrogen (secondary N) is 2. The van der Waals surface area contributed by atoms with E-state index in [9.17, 15) is 4.79 Å². The fourth-order valence-electron chi connectivity index (χ4n) is 5.22. The van der Waals surface area contributed by atoms with Gasteiger partial charge in [-0.2, -0.15) is 10.2 Å². The minimum atomic E-state index is -0.0694. The summed E-state index contributed by atoms with van der Waals surface area (Å²) in [6.45, 7) is 6.23. The van der Waals surface area contributed by atoms with Crippen molar-refractivity contribution < 1.29 is 4.79 Å². The first-order valence-electron chi connectivity index (χ1n) is 11.0. The van der Waals surface area contributed by atoms with Crippen LogP contribution >= 0.6 is 0 Å². The van der Waals surface area contributed by atoms with Gasteiger partial charge in [-0.1, -0.05) is 33.1 Å². The second-order valence-electron chi connectivity index (χ2n) is 9.76. The number of nitrogens with two attached hydrogens (primary N) is 1. The number of rotatable bonds is 3. The van der Waals surface area contributed by atoms with Crippen molar-refractivity contribution in [3.8, 4) is 5.69 Å². The van der Waals surface area contributed by atoms with Gasteiger partial charge >= 0.3 is 0 Å². The molecule has 2 aliphatic rings. The number of fused-ring (bicyclic) bond motifs is 2. The molecule has 0 unspecified atom stereocenters. The van der Waals surface area contributed by atoms with Crippen LogP contribution in [0.1, 0.15) is 74.1 Å². The van der Waals surface area contributed by atoms with E-state index >= 15 is 0 Å². The molecule has 0 bridgehead atoms. The van der Waals surface area contributed by atoms with Gasteiger partial charge in [0.2, 0.25) is 0 Å². The fourth-order valence-corrected chi connectivity index (χ4v) is 5.22. The molecular formula is C23H30N6O. The van der Waals surface area contributed by atoms with Gasteiger partial charge < -0.3 is 11.1 Å². The van der Waals surface area contributed by atoms with Gasteiger partial charge in [0.15, 0.2) is 11.6 Å². The first-order valence-corrected chi connectivity index (χ1v) is 11.0. The number of H-pyrrole nitrogens is 1. The highest BCUT2D eigenvalue weighted by molar-refractivity contribution is 6.02. The molecule has 2 aromatic heterocycles. The van der Waals surface area contributed by atoms with E-state index < -0.39 is 0 Å². The first-order chi connectivity index (χ1) is 14.3. The van der Waals surface area contributed by atoms with Gasteiger partial charge in [0, 0.05) is 18.2 Å². The number of carbonyl (C=O) groups is 1. The molecule has 2 heterocycles. The van der Waals surface area contributed by atoms with Crippen molar-refractivity contribution in [1.29, 1.82) is 0 Å². The number of benzene rings is 1. The Kier molecular flexibility index (Phi) is 4.38. The summed E-state index contributed by atoms with van der Waals surface area (Å²) in [6, 6.07) is 4.59. The molecule has 158 valence electrons. The minimum Gasteiger partial charge on any atom is -0.382 e. The molecule has 0 aliphatic heterocycles. The fraction of sp³-hybridized carbons (Fsp3) is 0.522. The van der Waals surface area contributed by atoms with Gasteiger partial charge in [0.1, 0.15) is 0 Å². The Morgan fingerprint density at radius 1 is 1.20 bits per heavy atom. The Balaban J connectivity index is 1.64. The minimum absolute atomic E-state index is 0.0694. The van der Waals surface area contributed by atoms with Crippen molar-refractivity contribution in [2.45, 2.75) is 71.8 Å². The van der Waals surface area contributed by atoms with Crippen LogP contribution in [-0.4, -0.2) is 31.8 Å². The van der Waals surface area contributed by atoms with Crippen LogP contribution in [0.4, 0.5) is 11.5 Å². The molecule has 1 fully saturated rings. The maximum Gasteiger partial charge on any atom is 0.167 e. The molecule has 0 atom stereocenters. The number of hydrogen-bond donors (Lipinski definition) is 3. The van der Waals surface area contributed by atoms with Crippen molar-refractivity contribution in [2.75, 3.05) is 11.1 Å². The molecule has 0 spiro atoms. The van der Waals surface area contributed by atoms with E-state index in [1.165, 1.54) is 32.1 Å². The maximum absolute atomic E-state index is 12.8. The Morgan fingerprint density at radius 3 is 2.73 bits per heavy atom. The first kappa shape index (κ1) is 19.2. The van der Waals surface area contributed by atoms with Crippen LogP contribution in [0.5, 0.6) is 0 Å². The lowest BCUT2D eigenvalue weighted by atomic mass is 9.75. The van der Waals surface area contributed by atoms with Gasteiger partial charge in [-0.3, -0.25) is 9.89 Å². The summed E-state index contributed by atoms with van der Waals surface area (Å²) in [4.78, 5) is 12.8. The van der Waals surface area contributed by atoms with Crippen molar-refractivity contribution in [3.05, 3.63) is 29.1 Å². The number of Topliss-reactive ketones (excluding diaryl/α,β-unsaturated/α-hetero) is 1. The largest absolute Gasteiger partial charge is 0.382 e. The topological polar surface area (TPSA) is 102 Å². The molecule has 0 amide bonds. The van der Waals surface area contributed by atoms with Crippen LogP contribution in [0, 0.1) is 12.3 Å². The standard InChI is InChI=1S/C23H30N6O/c1-13-20-18(11-23(2,3)12-19(20)30)29(28-13)15-9-16(25-14-7-5-4-6-8-14)21-17(10-15)26-27-22(21)24/h9-10,14,25H,4-8,11-12H2,1-3H3,(H3,24,26,27). The number of aryl methyl sites for hydroxylation is 1. The molecule has 5 rings (SSSR count). The lowest BCUT2D eigenvalue weighted by Crippen LogP contribution is -2.28. The van der Waals surface area contributed by atoms with E-state index in [1.807, 2.05) is 17.7 Å².